The van der Waals surface area contributed by atoms with Crippen molar-refractivity contribution in [2.24, 2.45) is 0 Å². The fourth-order valence-corrected chi connectivity index (χ4v) is 6.25. The number of hydrogen-bond donors (Lipinski definition) is 3. The number of pyridine rings is 2. The zero-order valence-electron chi connectivity index (χ0n) is 26.5. The molecule has 13 heteroatoms. The van der Waals surface area contributed by atoms with Crippen molar-refractivity contribution in [3.8, 4) is 17.0 Å². The van der Waals surface area contributed by atoms with Crippen LogP contribution in [0.3, 0.4) is 0 Å². The number of methoxy groups -OCH3 is 1. The number of hydrogen-bond acceptors (Lipinski definition) is 11. The largest absolute Gasteiger partial charge is 0.493 e. The minimum absolute atomic E-state index is 0.121. The highest BCUT2D eigenvalue weighted by atomic mass is 35.5. The second-order valence-corrected chi connectivity index (χ2v) is 11.8. The van der Waals surface area contributed by atoms with E-state index in [2.05, 4.69) is 45.1 Å². The van der Waals surface area contributed by atoms with Gasteiger partial charge < -0.3 is 30.5 Å². The average Bonchev–Trinajstić information content (AvgIpc) is 3.45. The zero-order valence-corrected chi connectivity index (χ0v) is 28.0. The summed E-state index contributed by atoms with van der Waals surface area (Å²) < 4.78 is 5.45. The molecule has 0 bridgehead atoms. The van der Waals surface area contributed by atoms with Crippen molar-refractivity contribution in [3.63, 3.8) is 0 Å². The first kappa shape index (κ1) is 34.2. The van der Waals surface area contributed by atoms with Crippen LogP contribution in [0.25, 0.3) is 11.3 Å². The third-order valence-electron chi connectivity index (χ3n) is 7.57. The summed E-state index contributed by atoms with van der Waals surface area (Å²) in [5, 5.41) is 11.0. The van der Waals surface area contributed by atoms with Gasteiger partial charge in [-0.3, -0.25) is 9.59 Å². The number of aldehydes is 1. The number of amides is 1. The molecule has 0 saturated carbocycles. The predicted molar refractivity (Wildman–Crippen MR) is 188 cm³/mol. The van der Waals surface area contributed by atoms with Crippen LogP contribution >= 0.6 is 22.9 Å². The lowest BCUT2D eigenvalue weighted by Gasteiger charge is -2.41. The lowest BCUT2D eigenvalue weighted by Crippen LogP contribution is -2.54. The molecule has 1 atom stereocenters. The van der Waals surface area contributed by atoms with E-state index in [0.717, 1.165) is 65.8 Å². The van der Waals surface area contributed by atoms with Gasteiger partial charge in [0.2, 0.25) is 5.91 Å². The SMILES string of the molecule is C=C.CNc1c(C)cccc1Cl.COc1ccc(-c2cnc3c(c2)NCCC2CN(C(C)=O)CCN32)nc1Nc1ncc(C=O)s1. The molecule has 3 N–H and O–H groups in total. The maximum Gasteiger partial charge on any atom is 0.219 e. The fourth-order valence-electron chi connectivity index (χ4n) is 5.31. The summed E-state index contributed by atoms with van der Waals surface area (Å²) >= 11 is 7.11. The number of carbonyl (C=O) groups excluding carboxylic acids is 2. The van der Waals surface area contributed by atoms with E-state index in [0.29, 0.717) is 28.1 Å². The Kier molecular flexibility index (Phi) is 11.9. The molecule has 0 spiro atoms. The van der Waals surface area contributed by atoms with Crippen molar-refractivity contribution in [2.45, 2.75) is 26.3 Å². The number of benzene rings is 1. The highest BCUT2D eigenvalue weighted by Crippen LogP contribution is 2.36. The number of rotatable bonds is 6. The summed E-state index contributed by atoms with van der Waals surface area (Å²) in [5.74, 6) is 2.11. The first-order chi connectivity index (χ1) is 22.3. The number of thiazole rings is 1. The molecule has 1 saturated heterocycles. The second kappa shape index (κ2) is 16.1. The van der Waals surface area contributed by atoms with Gasteiger partial charge in [0.1, 0.15) is 0 Å². The number of fused-ring (bicyclic) bond motifs is 3. The van der Waals surface area contributed by atoms with Crippen LogP contribution in [0.4, 0.5) is 28.1 Å². The van der Waals surface area contributed by atoms with Gasteiger partial charge in [-0.2, -0.15) is 0 Å². The Morgan fingerprint density at radius 2 is 2.00 bits per heavy atom. The van der Waals surface area contributed by atoms with Gasteiger partial charge in [-0.05, 0) is 43.2 Å². The summed E-state index contributed by atoms with van der Waals surface area (Å²) in [5.41, 5.74) is 4.75. The quantitative estimate of drug-likeness (QED) is 0.155. The van der Waals surface area contributed by atoms with Crippen molar-refractivity contribution >= 4 is 63.3 Å². The maximum absolute atomic E-state index is 11.8. The monoisotopic (exact) mass is 662 g/mol. The van der Waals surface area contributed by atoms with Gasteiger partial charge in [0.05, 0.1) is 40.3 Å². The van der Waals surface area contributed by atoms with Gasteiger partial charge in [0, 0.05) is 58.0 Å². The lowest BCUT2D eigenvalue weighted by atomic mass is 10.1. The van der Waals surface area contributed by atoms with E-state index >= 15 is 0 Å². The van der Waals surface area contributed by atoms with Gasteiger partial charge in [-0.1, -0.05) is 35.1 Å². The van der Waals surface area contributed by atoms with Crippen LogP contribution in [0, 0.1) is 6.92 Å². The molecule has 1 amide bonds. The van der Waals surface area contributed by atoms with E-state index in [1.54, 1.807) is 14.0 Å². The lowest BCUT2D eigenvalue weighted by molar-refractivity contribution is -0.129. The number of anilines is 5. The van der Waals surface area contributed by atoms with E-state index in [9.17, 15) is 9.59 Å². The third-order valence-corrected chi connectivity index (χ3v) is 8.72. The topological polar surface area (TPSA) is 125 Å². The summed E-state index contributed by atoms with van der Waals surface area (Å²) in [6, 6.07) is 11.9. The maximum atomic E-state index is 11.8. The van der Waals surface area contributed by atoms with E-state index in [1.807, 2.05) is 55.4 Å². The number of ether oxygens (including phenoxy) is 1. The summed E-state index contributed by atoms with van der Waals surface area (Å²) in [4.78, 5) is 41.3. The Morgan fingerprint density at radius 1 is 1.20 bits per heavy atom. The van der Waals surface area contributed by atoms with E-state index < -0.39 is 0 Å². The normalized spacial score (nSPS) is 14.8. The number of nitrogens with one attached hydrogen (secondary N) is 3. The van der Waals surface area contributed by atoms with Gasteiger partial charge >= 0.3 is 0 Å². The molecule has 2 aliphatic rings. The minimum atomic E-state index is 0.121. The summed E-state index contributed by atoms with van der Waals surface area (Å²) in [6.45, 7) is 12.6. The number of para-hydroxylation sites is 1. The number of carbonyl (C=O) groups is 2. The standard InChI is InChI=1S/C23H25N7O3S.C8H10ClN.C2H4/c1-14(32)29-7-8-30-16(12-29)5-6-24-19-9-15(10-25-22(19)30)18-3-4-20(33-2)21(27-18)28-23-26-11-17(13-31)34-23;1-6-4-3-5-7(9)8(6)10-2;1-2/h3-4,9-11,13,16,24H,5-8,12H2,1-2H3,(H,26,27,28);3-5,10H,1-2H3;1-2H2. The van der Waals surface area contributed by atoms with Crippen molar-refractivity contribution in [2.75, 3.05) is 61.2 Å². The number of aromatic nitrogens is 3. The molecule has 0 aliphatic carbocycles. The van der Waals surface area contributed by atoms with Gasteiger partial charge in [-0.15, -0.1) is 13.2 Å². The first-order valence-corrected chi connectivity index (χ1v) is 15.9. The van der Waals surface area contributed by atoms with Gasteiger partial charge in [0.15, 0.2) is 28.8 Å². The van der Waals surface area contributed by atoms with Crippen LogP contribution in [-0.4, -0.2) is 78.4 Å². The van der Waals surface area contributed by atoms with Crippen molar-refractivity contribution < 1.29 is 14.3 Å². The third kappa shape index (κ3) is 7.93. The molecule has 2 aliphatic heterocycles. The smallest absolute Gasteiger partial charge is 0.219 e. The molecule has 1 aromatic carbocycles. The Hall–Kier alpha value is -4.68. The van der Waals surface area contributed by atoms with Gasteiger partial charge in [0.25, 0.3) is 0 Å². The van der Waals surface area contributed by atoms with Crippen LogP contribution in [0.1, 0.15) is 28.6 Å². The van der Waals surface area contributed by atoms with Crippen molar-refractivity contribution in [1.82, 2.24) is 19.9 Å². The molecular weight excluding hydrogens is 624 g/mol. The second-order valence-electron chi connectivity index (χ2n) is 10.4. The Morgan fingerprint density at radius 3 is 2.65 bits per heavy atom. The van der Waals surface area contributed by atoms with Crippen LogP contribution in [0.15, 0.2) is 61.9 Å². The van der Waals surface area contributed by atoms with E-state index in [1.165, 1.54) is 23.1 Å². The highest BCUT2D eigenvalue weighted by molar-refractivity contribution is 7.17. The molecule has 242 valence electrons. The number of nitrogens with zero attached hydrogens (tertiary/aromatic N) is 5. The zero-order chi connectivity index (χ0) is 33.2. The average molecular weight is 663 g/mol. The predicted octanol–water partition coefficient (Wildman–Crippen LogP) is 6.51. The highest BCUT2D eigenvalue weighted by Gasteiger charge is 2.32. The van der Waals surface area contributed by atoms with Crippen molar-refractivity contribution in [3.05, 3.63) is 77.4 Å². The Bertz CT molecular complexity index is 1650. The minimum Gasteiger partial charge on any atom is -0.493 e. The first-order valence-electron chi connectivity index (χ1n) is 14.7. The molecule has 1 fully saturated rings. The van der Waals surface area contributed by atoms with Crippen molar-refractivity contribution in [1.29, 1.82) is 0 Å². The summed E-state index contributed by atoms with van der Waals surface area (Å²) in [7, 11) is 3.45. The molecular formula is C33H39ClN8O3S. The number of aryl methyl sites for hydroxylation is 1. The molecule has 3 aromatic heterocycles. The number of piperazine rings is 1. The van der Waals surface area contributed by atoms with Crippen LogP contribution < -0.4 is 25.6 Å². The van der Waals surface area contributed by atoms with Gasteiger partial charge in [-0.25, -0.2) is 15.0 Å². The molecule has 1 unspecified atom stereocenters. The van der Waals surface area contributed by atoms with Crippen LogP contribution in [0.2, 0.25) is 5.02 Å². The van der Waals surface area contributed by atoms with Crippen LogP contribution in [0.5, 0.6) is 5.75 Å². The molecule has 11 nitrogen and oxygen atoms in total. The molecule has 4 aromatic rings. The molecule has 6 rings (SSSR count). The summed E-state index contributed by atoms with van der Waals surface area (Å²) in [6.07, 6.45) is 5.04. The molecule has 0 radical (unpaired) electrons. The van der Waals surface area contributed by atoms with E-state index in [4.69, 9.17) is 26.3 Å². The van der Waals surface area contributed by atoms with Crippen LogP contribution in [-0.2, 0) is 4.79 Å². The van der Waals surface area contributed by atoms with E-state index in [-0.39, 0.29) is 11.9 Å². The number of halogens is 1. The Labute approximate surface area is 278 Å². The molecule has 46 heavy (non-hydrogen) atoms. The Balaban J connectivity index is 0.000000340. The molecule has 5 heterocycles. The fraction of sp³-hybridized carbons (Fsp3) is 0.303.